The first-order valence-electron chi connectivity index (χ1n) is 5.93. The lowest BCUT2D eigenvalue weighted by molar-refractivity contribution is 0.227. The molecule has 0 N–H and O–H groups in total. The molecule has 3 rings (SSSR count). The zero-order chi connectivity index (χ0) is 10.3. The third-order valence-corrected chi connectivity index (χ3v) is 3.23. The van der Waals surface area contributed by atoms with Crippen LogP contribution in [-0.2, 0) is 6.54 Å². The van der Waals surface area contributed by atoms with Gasteiger partial charge in [0.25, 0.3) is 0 Å². The first kappa shape index (κ1) is 9.33. The van der Waals surface area contributed by atoms with Gasteiger partial charge in [0.15, 0.2) is 5.82 Å². The summed E-state index contributed by atoms with van der Waals surface area (Å²) >= 11 is 0. The fraction of sp³-hybridized carbons (Fsp3) is 0.818. The molecule has 15 heavy (non-hydrogen) atoms. The van der Waals surface area contributed by atoms with Crippen LogP contribution >= 0.6 is 0 Å². The average Bonchev–Trinajstić information content (AvgIpc) is 3.14. The molecule has 1 aromatic rings. The summed E-state index contributed by atoms with van der Waals surface area (Å²) in [7, 11) is 0. The lowest BCUT2D eigenvalue weighted by Gasteiger charge is -2.16. The molecule has 2 saturated carbocycles. The minimum atomic E-state index is 0.596. The smallest absolute Gasteiger partial charge is 0.240 e. The SMILES string of the molecule is CCN(Cc1nc(C2CC2)no1)C1CC1. The number of nitrogens with zero attached hydrogens (tertiary/aromatic N) is 3. The van der Waals surface area contributed by atoms with E-state index in [1.54, 1.807) is 0 Å². The molecule has 1 heterocycles. The number of hydrogen-bond donors (Lipinski definition) is 0. The van der Waals surface area contributed by atoms with Crippen molar-refractivity contribution < 1.29 is 4.52 Å². The molecule has 2 fully saturated rings. The third-order valence-electron chi connectivity index (χ3n) is 3.23. The van der Waals surface area contributed by atoms with Crippen molar-refractivity contribution in [1.82, 2.24) is 15.0 Å². The highest BCUT2D eigenvalue weighted by Crippen LogP contribution is 2.38. The van der Waals surface area contributed by atoms with Gasteiger partial charge < -0.3 is 4.52 Å². The van der Waals surface area contributed by atoms with E-state index in [0.29, 0.717) is 5.92 Å². The Kier molecular flexibility index (Phi) is 2.24. The van der Waals surface area contributed by atoms with Crippen LogP contribution in [-0.4, -0.2) is 27.6 Å². The Morgan fingerprint density at radius 1 is 1.33 bits per heavy atom. The van der Waals surface area contributed by atoms with E-state index in [1.165, 1.54) is 25.7 Å². The van der Waals surface area contributed by atoms with Crippen LogP contribution < -0.4 is 0 Å². The maximum atomic E-state index is 5.27. The minimum absolute atomic E-state index is 0.596. The van der Waals surface area contributed by atoms with E-state index < -0.39 is 0 Å². The largest absolute Gasteiger partial charge is 0.338 e. The second kappa shape index (κ2) is 3.59. The third kappa shape index (κ3) is 2.04. The monoisotopic (exact) mass is 207 g/mol. The lowest BCUT2D eigenvalue weighted by Crippen LogP contribution is -2.25. The van der Waals surface area contributed by atoms with E-state index in [4.69, 9.17) is 4.52 Å². The second-order valence-electron chi connectivity index (χ2n) is 4.61. The molecule has 4 heteroatoms. The maximum Gasteiger partial charge on any atom is 0.240 e. The van der Waals surface area contributed by atoms with E-state index in [2.05, 4.69) is 22.0 Å². The van der Waals surface area contributed by atoms with E-state index >= 15 is 0 Å². The van der Waals surface area contributed by atoms with Crippen LogP contribution in [0.25, 0.3) is 0 Å². The van der Waals surface area contributed by atoms with Crippen molar-refractivity contribution >= 4 is 0 Å². The summed E-state index contributed by atoms with van der Waals surface area (Å²) in [5, 5.41) is 4.03. The van der Waals surface area contributed by atoms with E-state index in [1.807, 2.05) is 0 Å². The van der Waals surface area contributed by atoms with Gasteiger partial charge in [-0.1, -0.05) is 12.1 Å². The summed E-state index contributed by atoms with van der Waals surface area (Å²) in [6.07, 6.45) is 5.13. The topological polar surface area (TPSA) is 42.2 Å². The van der Waals surface area contributed by atoms with Crippen LogP contribution in [0.15, 0.2) is 4.52 Å². The highest BCUT2D eigenvalue weighted by molar-refractivity contribution is 5.03. The summed E-state index contributed by atoms with van der Waals surface area (Å²) in [6, 6.07) is 0.770. The van der Waals surface area contributed by atoms with Crippen molar-refractivity contribution in [1.29, 1.82) is 0 Å². The molecular weight excluding hydrogens is 190 g/mol. The Morgan fingerprint density at radius 2 is 2.13 bits per heavy atom. The van der Waals surface area contributed by atoms with Gasteiger partial charge in [-0.15, -0.1) is 0 Å². The molecule has 82 valence electrons. The molecule has 0 aromatic carbocycles. The van der Waals surface area contributed by atoms with E-state index in [0.717, 1.165) is 30.8 Å². The fourth-order valence-electron chi connectivity index (χ4n) is 1.95. The molecule has 0 amide bonds. The Labute approximate surface area is 89.6 Å². The van der Waals surface area contributed by atoms with Crippen molar-refractivity contribution in [3.63, 3.8) is 0 Å². The van der Waals surface area contributed by atoms with Crippen LogP contribution in [0.1, 0.15) is 50.2 Å². The summed E-state index contributed by atoms with van der Waals surface area (Å²) < 4.78 is 5.27. The number of hydrogen-bond acceptors (Lipinski definition) is 4. The average molecular weight is 207 g/mol. The molecule has 0 radical (unpaired) electrons. The van der Waals surface area contributed by atoms with Gasteiger partial charge in [-0.2, -0.15) is 4.98 Å². The lowest BCUT2D eigenvalue weighted by atomic mass is 10.4. The van der Waals surface area contributed by atoms with Gasteiger partial charge in [-0.05, 0) is 32.2 Å². The van der Waals surface area contributed by atoms with Crippen LogP contribution in [0, 0.1) is 0 Å². The van der Waals surface area contributed by atoms with Crippen molar-refractivity contribution in [2.75, 3.05) is 6.54 Å². The Hall–Kier alpha value is -0.900. The molecule has 0 saturated heterocycles. The number of aromatic nitrogens is 2. The summed E-state index contributed by atoms with van der Waals surface area (Å²) in [6.45, 7) is 4.10. The summed E-state index contributed by atoms with van der Waals surface area (Å²) in [5.41, 5.74) is 0. The van der Waals surface area contributed by atoms with Crippen LogP contribution in [0.5, 0.6) is 0 Å². The molecular formula is C11H17N3O. The predicted octanol–water partition coefficient (Wildman–Crippen LogP) is 1.93. The standard InChI is InChI=1S/C11H17N3O/c1-2-14(9-5-6-9)7-10-12-11(13-15-10)8-3-4-8/h8-9H,2-7H2,1H3. The molecule has 0 unspecified atom stereocenters. The van der Waals surface area contributed by atoms with E-state index in [9.17, 15) is 0 Å². The molecule has 0 aliphatic heterocycles. The fourth-order valence-corrected chi connectivity index (χ4v) is 1.95. The minimum Gasteiger partial charge on any atom is -0.338 e. The zero-order valence-electron chi connectivity index (χ0n) is 9.15. The van der Waals surface area contributed by atoms with Gasteiger partial charge in [0.1, 0.15) is 0 Å². The van der Waals surface area contributed by atoms with Gasteiger partial charge in [0, 0.05) is 12.0 Å². The van der Waals surface area contributed by atoms with Crippen molar-refractivity contribution in [3.05, 3.63) is 11.7 Å². The van der Waals surface area contributed by atoms with Crippen LogP contribution in [0.3, 0.4) is 0 Å². The van der Waals surface area contributed by atoms with Crippen molar-refractivity contribution in [2.45, 2.75) is 51.1 Å². The normalized spacial score (nSPS) is 21.2. The Morgan fingerprint density at radius 3 is 2.73 bits per heavy atom. The Balaban J connectivity index is 1.64. The maximum absolute atomic E-state index is 5.27. The van der Waals surface area contributed by atoms with Crippen LogP contribution in [0.4, 0.5) is 0 Å². The van der Waals surface area contributed by atoms with Gasteiger partial charge in [-0.3, -0.25) is 4.90 Å². The van der Waals surface area contributed by atoms with Gasteiger partial charge in [0.05, 0.1) is 6.54 Å². The Bertz CT molecular complexity index is 341. The van der Waals surface area contributed by atoms with Crippen LogP contribution in [0.2, 0.25) is 0 Å². The molecule has 1 aromatic heterocycles. The molecule has 4 nitrogen and oxygen atoms in total. The zero-order valence-corrected chi connectivity index (χ0v) is 9.15. The summed E-state index contributed by atoms with van der Waals surface area (Å²) in [5.74, 6) is 2.32. The molecule has 0 spiro atoms. The van der Waals surface area contributed by atoms with Gasteiger partial charge >= 0.3 is 0 Å². The first-order chi connectivity index (χ1) is 7.36. The van der Waals surface area contributed by atoms with Crippen molar-refractivity contribution in [2.24, 2.45) is 0 Å². The quantitative estimate of drug-likeness (QED) is 0.740. The summed E-state index contributed by atoms with van der Waals surface area (Å²) in [4.78, 5) is 6.87. The van der Waals surface area contributed by atoms with E-state index in [-0.39, 0.29) is 0 Å². The molecule has 2 aliphatic carbocycles. The van der Waals surface area contributed by atoms with Gasteiger partial charge in [-0.25, -0.2) is 0 Å². The molecule has 0 bridgehead atoms. The first-order valence-corrected chi connectivity index (χ1v) is 5.93. The number of rotatable bonds is 5. The van der Waals surface area contributed by atoms with Gasteiger partial charge in [0.2, 0.25) is 5.89 Å². The predicted molar refractivity (Wildman–Crippen MR) is 55.4 cm³/mol. The highest BCUT2D eigenvalue weighted by atomic mass is 16.5. The molecule has 2 aliphatic rings. The second-order valence-corrected chi connectivity index (χ2v) is 4.61. The molecule has 0 atom stereocenters. The highest BCUT2D eigenvalue weighted by Gasteiger charge is 2.31. The van der Waals surface area contributed by atoms with Crippen molar-refractivity contribution in [3.8, 4) is 0 Å².